The molecule has 0 saturated carbocycles. The minimum Gasteiger partial charge on any atom is -0.458 e. The average molecular weight is 354 g/mol. The highest BCUT2D eigenvalue weighted by Crippen LogP contribution is 2.22. The topological polar surface area (TPSA) is 74.0 Å². The Bertz CT molecular complexity index is 452. The molecule has 0 amide bonds. The summed E-state index contributed by atoms with van der Waals surface area (Å²) in [7, 11) is 0. The number of hydrogen-bond donors (Lipinski definition) is 1. The van der Waals surface area contributed by atoms with E-state index in [-0.39, 0.29) is 18.4 Å². The molecule has 0 spiro atoms. The molecule has 1 rings (SSSR count). The number of ether oxygens (including phenoxy) is 3. The van der Waals surface area contributed by atoms with Gasteiger partial charge in [0.1, 0.15) is 18.4 Å². The third-order valence-electron chi connectivity index (χ3n) is 3.87. The average Bonchev–Trinajstić information content (AvgIpc) is 2.93. The summed E-state index contributed by atoms with van der Waals surface area (Å²) in [5, 5.41) is 0. The molecule has 1 heterocycles. The Hall–Kier alpha value is -1.53. The molecular weight excluding hydrogens is 320 g/mol. The van der Waals surface area contributed by atoms with Crippen LogP contribution >= 0.6 is 0 Å². The van der Waals surface area contributed by atoms with E-state index >= 15 is 0 Å². The Morgan fingerprint density at radius 2 is 1.92 bits per heavy atom. The number of rotatable bonds is 11. The first kappa shape index (κ1) is 21.5. The zero-order chi connectivity index (χ0) is 18.7. The second kappa shape index (κ2) is 11.2. The van der Waals surface area contributed by atoms with Crippen LogP contribution in [-0.4, -0.2) is 49.1 Å². The van der Waals surface area contributed by atoms with Crippen LogP contribution < -0.4 is 5.73 Å². The molecule has 0 aliphatic carbocycles. The number of carbonyl (C=O) groups excluding carboxylic acids is 1. The number of nitrogens with two attached hydrogens (primary N) is 1. The van der Waals surface area contributed by atoms with Crippen molar-refractivity contribution in [3.63, 3.8) is 0 Å². The molecule has 2 N–H and O–H groups in total. The fraction of sp³-hybridized carbons (Fsp3) is 0.737. The van der Waals surface area contributed by atoms with Crippen LogP contribution in [0.2, 0.25) is 0 Å². The highest BCUT2D eigenvalue weighted by atomic mass is 16.7. The fourth-order valence-electron chi connectivity index (χ4n) is 2.42. The predicted molar refractivity (Wildman–Crippen MR) is 98.7 cm³/mol. The van der Waals surface area contributed by atoms with E-state index in [0.29, 0.717) is 6.61 Å². The number of nitrogens with zero attached hydrogens (tertiary/aromatic N) is 1. The van der Waals surface area contributed by atoms with Crippen molar-refractivity contribution < 1.29 is 19.0 Å². The van der Waals surface area contributed by atoms with Crippen molar-refractivity contribution in [2.45, 2.75) is 65.3 Å². The van der Waals surface area contributed by atoms with E-state index in [9.17, 15) is 4.79 Å². The van der Waals surface area contributed by atoms with Gasteiger partial charge in [0.25, 0.3) is 0 Å². The van der Waals surface area contributed by atoms with E-state index < -0.39 is 11.8 Å². The summed E-state index contributed by atoms with van der Waals surface area (Å²) in [5.74, 6) is -1.16. The zero-order valence-corrected chi connectivity index (χ0v) is 16.1. The van der Waals surface area contributed by atoms with Crippen molar-refractivity contribution in [1.82, 2.24) is 4.90 Å². The summed E-state index contributed by atoms with van der Waals surface area (Å²) in [4.78, 5) is 14.2. The first-order valence-corrected chi connectivity index (χ1v) is 9.24. The molecule has 1 aliphatic rings. The van der Waals surface area contributed by atoms with Gasteiger partial charge in [-0.2, -0.15) is 0 Å². The summed E-state index contributed by atoms with van der Waals surface area (Å²) in [6.07, 6.45) is 9.74. The van der Waals surface area contributed by atoms with Crippen LogP contribution in [0.1, 0.15) is 53.4 Å². The van der Waals surface area contributed by atoms with Crippen molar-refractivity contribution in [1.29, 1.82) is 0 Å². The van der Waals surface area contributed by atoms with Gasteiger partial charge in [-0.1, -0.05) is 26.7 Å². The van der Waals surface area contributed by atoms with Crippen molar-refractivity contribution in [3.05, 3.63) is 24.0 Å². The summed E-state index contributed by atoms with van der Waals surface area (Å²) in [6, 6.07) is 0. The van der Waals surface area contributed by atoms with Gasteiger partial charge >= 0.3 is 5.97 Å². The monoisotopic (exact) mass is 354 g/mol. The second-order valence-electron chi connectivity index (χ2n) is 6.76. The fourth-order valence-corrected chi connectivity index (χ4v) is 2.42. The first-order valence-electron chi connectivity index (χ1n) is 9.24. The largest absolute Gasteiger partial charge is 0.458 e. The number of unbranched alkanes of at least 4 members (excludes halogenated alkanes) is 2. The number of esters is 1. The Labute approximate surface area is 152 Å². The van der Waals surface area contributed by atoms with E-state index in [4.69, 9.17) is 19.9 Å². The third-order valence-corrected chi connectivity index (χ3v) is 3.87. The van der Waals surface area contributed by atoms with E-state index in [1.807, 2.05) is 20.0 Å². The number of hydrogen-bond acceptors (Lipinski definition) is 6. The predicted octanol–water partition coefficient (Wildman–Crippen LogP) is 2.94. The third kappa shape index (κ3) is 8.93. The van der Waals surface area contributed by atoms with Crippen LogP contribution in [0.3, 0.4) is 0 Å². The van der Waals surface area contributed by atoms with Gasteiger partial charge in [-0.05, 0) is 45.0 Å². The standard InChI is InChI=1S/C19H34N2O4/c1-5-7-11-21(12-8-6-2)13-9-10-17(20)18(22)23-14-16-15-24-19(3,4)25-16/h9-10,13,16H,5-8,11-12,14-15,20H2,1-4H3/b13-9+,17-10-. The van der Waals surface area contributed by atoms with Gasteiger partial charge in [-0.3, -0.25) is 0 Å². The first-order chi connectivity index (χ1) is 11.9. The van der Waals surface area contributed by atoms with E-state index in [0.717, 1.165) is 38.8 Å². The maximum atomic E-state index is 11.9. The van der Waals surface area contributed by atoms with Crippen LogP contribution in [0, 0.1) is 0 Å². The van der Waals surface area contributed by atoms with Crippen molar-refractivity contribution in [2.24, 2.45) is 5.73 Å². The minimum absolute atomic E-state index is 0.0837. The van der Waals surface area contributed by atoms with Gasteiger partial charge < -0.3 is 24.8 Å². The molecule has 0 aromatic carbocycles. The molecule has 0 aromatic rings. The Morgan fingerprint density at radius 3 is 2.44 bits per heavy atom. The quantitative estimate of drug-likeness (QED) is 0.349. The molecule has 25 heavy (non-hydrogen) atoms. The molecule has 0 bridgehead atoms. The molecule has 6 heteroatoms. The lowest BCUT2D eigenvalue weighted by atomic mass is 10.2. The normalized spacial score (nSPS) is 20.2. The Kier molecular flexibility index (Phi) is 9.60. The summed E-state index contributed by atoms with van der Waals surface area (Å²) in [5.41, 5.74) is 5.87. The summed E-state index contributed by atoms with van der Waals surface area (Å²) < 4.78 is 16.2. The van der Waals surface area contributed by atoms with Crippen LogP contribution in [-0.2, 0) is 19.0 Å². The van der Waals surface area contributed by atoms with Crippen LogP contribution in [0.4, 0.5) is 0 Å². The van der Waals surface area contributed by atoms with Crippen LogP contribution in [0.15, 0.2) is 24.0 Å². The Balaban J connectivity index is 2.41. The molecule has 6 nitrogen and oxygen atoms in total. The van der Waals surface area contributed by atoms with Gasteiger partial charge in [0, 0.05) is 13.1 Å². The van der Waals surface area contributed by atoms with Gasteiger partial charge in [0.15, 0.2) is 5.79 Å². The van der Waals surface area contributed by atoms with Gasteiger partial charge in [0.2, 0.25) is 0 Å². The highest BCUT2D eigenvalue weighted by Gasteiger charge is 2.33. The number of carbonyl (C=O) groups is 1. The molecule has 0 radical (unpaired) electrons. The molecule has 0 aromatic heterocycles. The minimum atomic E-state index is -0.623. The lowest BCUT2D eigenvalue weighted by Crippen LogP contribution is -2.26. The molecule has 1 atom stereocenters. The number of allylic oxidation sites excluding steroid dienone is 2. The SMILES string of the molecule is CCCCN(/C=C/C=C(\N)C(=O)OCC1COC(C)(C)O1)CCCC. The molecular formula is C19H34N2O4. The molecule has 1 saturated heterocycles. The van der Waals surface area contributed by atoms with E-state index in [2.05, 4.69) is 18.7 Å². The van der Waals surface area contributed by atoms with Gasteiger partial charge in [0.05, 0.1) is 6.61 Å². The van der Waals surface area contributed by atoms with Crippen molar-refractivity contribution >= 4 is 5.97 Å². The zero-order valence-electron chi connectivity index (χ0n) is 16.1. The van der Waals surface area contributed by atoms with Gasteiger partial charge in [-0.25, -0.2) is 4.79 Å². The second-order valence-corrected chi connectivity index (χ2v) is 6.76. The summed E-state index contributed by atoms with van der Waals surface area (Å²) in [6.45, 7) is 10.6. The van der Waals surface area contributed by atoms with E-state index in [1.54, 1.807) is 12.2 Å². The summed E-state index contributed by atoms with van der Waals surface area (Å²) >= 11 is 0. The maximum Gasteiger partial charge on any atom is 0.354 e. The molecule has 1 unspecified atom stereocenters. The van der Waals surface area contributed by atoms with Crippen molar-refractivity contribution in [3.8, 4) is 0 Å². The van der Waals surface area contributed by atoms with Gasteiger partial charge in [-0.15, -0.1) is 0 Å². The Morgan fingerprint density at radius 1 is 1.28 bits per heavy atom. The molecule has 1 aliphatic heterocycles. The molecule has 144 valence electrons. The smallest absolute Gasteiger partial charge is 0.354 e. The van der Waals surface area contributed by atoms with Crippen LogP contribution in [0.5, 0.6) is 0 Å². The lowest BCUT2D eigenvalue weighted by molar-refractivity contribution is -0.155. The van der Waals surface area contributed by atoms with E-state index in [1.165, 1.54) is 0 Å². The van der Waals surface area contributed by atoms with Crippen molar-refractivity contribution in [2.75, 3.05) is 26.3 Å². The highest BCUT2D eigenvalue weighted by molar-refractivity contribution is 5.87. The molecule has 1 fully saturated rings. The lowest BCUT2D eigenvalue weighted by Gasteiger charge is -2.19. The maximum absolute atomic E-state index is 11.9. The van der Waals surface area contributed by atoms with Crippen LogP contribution in [0.25, 0.3) is 0 Å².